The number of nitrogens with zero attached hydrogens (tertiary/aromatic N) is 6. The van der Waals surface area contributed by atoms with Crippen LogP contribution in [-0.2, 0) is 11.3 Å². The first-order valence-corrected chi connectivity index (χ1v) is 9.55. The Balaban J connectivity index is 1.47. The Kier molecular flexibility index (Phi) is 4.87. The average Bonchev–Trinajstić information content (AvgIpc) is 3.04. The van der Waals surface area contributed by atoms with Crippen LogP contribution in [0.4, 0.5) is 0 Å². The minimum Gasteiger partial charge on any atom is -0.338 e. The molecule has 2 amide bonds. The molecule has 1 aromatic heterocycles. The number of benzene rings is 1. The Bertz CT molecular complexity index is 804. The summed E-state index contributed by atoms with van der Waals surface area (Å²) in [6.45, 7) is 4.60. The summed E-state index contributed by atoms with van der Waals surface area (Å²) in [6, 6.07) is 7.70. The topological polar surface area (TPSA) is 84.2 Å². The minimum absolute atomic E-state index is 0.00650. The molecule has 8 nitrogen and oxygen atoms in total. The second-order valence-electron chi connectivity index (χ2n) is 7.37. The van der Waals surface area contributed by atoms with Gasteiger partial charge in [-0.15, -0.1) is 5.10 Å². The van der Waals surface area contributed by atoms with E-state index < -0.39 is 0 Å². The summed E-state index contributed by atoms with van der Waals surface area (Å²) >= 11 is 0. The van der Waals surface area contributed by atoms with E-state index in [4.69, 9.17) is 0 Å². The third kappa shape index (κ3) is 3.56. The third-order valence-electron chi connectivity index (χ3n) is 5.48. The summed E-state index contributed by atoms with van der Waals surface area (Å²) in [4.78, 5) is 29.6. The van der Waals surface area contributed by atoms with E-state index >= 15 is 0 Å². The number of aromatic nitrogens is 4. The Labute approximate surface area is 158 Å². The van der Waals surface area contributed by atoms with E-state index in [-0.39, 0.29) is 23.8 Å². The van der Waals surface area contributed by atoms with Gasteiger partial charge in [-0.2, -0.15) is 0 Å². The van der Waals surface area contributed by atoms with Gasteiger partial charge in [0.1, 0.15) is 6.33 Å². The highest BCUT2D eigenvalue weighted by Crippen LogP contribution is 2.30. The lowest BCUT2D eigenvalue weighted by Gasteiger charge is -2.35. The molecule has 5 rings (SSSR count). The SMILES string of the molecule is CCCN1C(=O)[C@H]2CC[C@@H]1CN(C(=O)c1ccc(Cn3cnnn3)cc1)C2. The maximum atomic E-state index is 13.0. The molecule has 0 saturated carbocycles. The molecular formula is C19H24N6O2. The molecule has 2 bridgehead atoms. The van der Waals surface area contributed by atoms with E-state index in [2.05, 4.69) is 22.4 Å². The number of carbonyl (C=O) groups is 2. The van der Waals surface area contributed by atoms with Gasteiger partial charge in [-0.3, -0.25) is 9.59 Å². The van der Waals surface area contributed by atoms with Gasteiger partial charge in [0.25, 0.3) is 5.91 Å². The summed E-state index contributed by atoms with van der Waals surface area (Å²) in [7, 11) is 0. The number of piperidine rings is 1. The van der Waals surface area contributed by atoms with E-state index in [1.165, 1.54) is 0 Å². The molecule has 2 aromatic rings. The van der Waals surface area contributed by atoms with Gasteiger partial charge < -0.3 is 9.80 Å². The van der Waals surface area contributed by atoms with Crippen molar-refractivity contribution in [1.82, 2.24) is 30.0 Å². The number of hydrogen-bond acceptors (Lipinski definition) is 5. The largest absolute Gasteiger partial charge is 0.338 e. The van der Waals surface area contributed by atoms with E-state index in [0.29, 0.717) is 25.2 Å². The van der Waals surface area contributed by atoms with Crippen molar-refractivity contribution < 1.29 is 9.59 Å². The summed E-state index contributed by atoms with van der Waals surface area (Å²) in [5, 5.41) is 11.1. The number of amides is 2. The van der Waals surface area contributed by atoms with Crippen molar-refractivity contribution in [1.29, 1.82) is 0 Å². The molecule has 8 heteroatoms. The van der Waals surface area contributed by atoms with Crippen molar-refractivity contribution >= 4 is 11.8 Å². The molecule has 1 aromatic carbocycles. The van der Waals surface area contributed by atoms with Crippen molar-refractivity contribution in [3.8, 4) is 0 Å². The second kappa shape index (κ2) is 7.46. The average molecular weight is 368 g/mol. The van der Waals surface area contributed by atoms with E-state index in [1.807, 2.05) is 34.1 Å². The first kappa shape index (κ1) is 17.6. The van der Waals surface area contributed by atoms with Crippen LogP contribution in [-0.4, -0.2) is 67.5 Å². The van der Waals surface area contributed by atoms with E-state index in [1.54, 1.807) is 11.0 Å². The Morgan fingerprint density at radius 2 is 2.00 bits per heavy atom. The molecule has 3 aliphatic heterocycles. The number of fused-ring (bicyclic) bond motifs is 4. The van der Waals surface area contributed by atoms with Crippen LogP contribution in [0.3, 0.4) is 0 Å². The van der Waals surface area contributed by atoms with Crippen LogP contribution in [0.2, 0.25) is 0 Å². The van der Waals surface area contributed by atoms with E-state index in [9.17, 15) is 9.59 Å². The van der Waals surface area contributed by atoms with Crippen molar-refractivity contribution in [2.24, 2.45) is 5.92 Å². The van der Waals surface area contributed by atoms with Crippen LogP contribution in [0.25, 0.3) is 0 Å². The van der Waals surface area contributed by atoms with Crippen LogP contribution in [0.1, 0.15) is 42.1 Å². The monoisotopic (exact) mass is 368 g/mol. The molecule has 0 N–H and O–H groups in total. The normalized spacial score (nSPS) is 22.2. The quantitative estimate of drug-likeness (QED) is 0.792. The van der Waals surface area contributed by atoms with Gasteiger partial charge in [0.15, 0.2) is 0 Å². The lowest BCUT2D eigenvalue weighted by atomic mass is 9.94. The fourth-order valence-corrected chi connectivity index (χ4v) is 4.12. The van der Waals surface area contributed by atoms with Gasteiger partial charge in [-0.1, -0.05) is 19.1 Å². The molecule has 0 aliphatic carbocycles. The molecule has 142 valence electrons. The molecular weight excluding hydrogens is 344 g/mol. The molecule has 0 radical (unpaired) electrons. The summed E-state index contributed by atoms with van der Waals surface area (Å²) in [6.07, 6.45) is 4.39. The standard InChI is InChI=1S/C19H24N6O2/c1-2-9-25-17-8-7-16(19(25)27)11-23(12-17)18(26)15-5-3-14(4-6-15)10-24-13-20-21-22-24/h3-6,13,16-17H,2,7-12H2,1H3/t16-,17+/m0/s1. The van der Waals surface area contributed by atoms with Crippen LogP contribution < -0.4 is 0 Å². The Morgan fingerprint density at radius 3 is 2.70 bits per heavy atom. The van der Waals surface area contributed by atoms with Crippen LogP contribution in [0.15, 0.2) is 30.6 Å². The van der Waals surface area contributed by atoms with Gasteiger partial charge in [0, 0.05) is 31.2 Å². The van der Waals surface area contributed by atoms with E-state index in [0.717, 1.165) is 31.4 Å². The number of rotatable bonds is 5. The van der Waals surface area contributed by atoms with Crippen LogP contribution >= 0.6 is 0 Å². The summed E-state index contributed by atoms with van der Waals surface area (Å²) in [5.41, 5.74) is 1.69. The van der Waals surface area contributed by atoms with Crippen molar-refractivity contribution in [3.63, 3.8) is 0 Å². The van der Waals surface area contributed by atoms with Gasteiger partial charge >= 0.3 is 0 Å². The molecule has 2 atom stereocenters. The molecule has 3 aliphatic rings. The first-order chi connectivity index (χ1) is 13.2. The predicted octanol–water partition coefficient (Wildman–Crippen LogP) is 1.19. The highest BCUT2D eigenvalue weighted by molar-refractivity contribution is 5.95. The molecule has 27 heavy (non-hydrogen) atoms. The van der Waals surface area contributed by atoms with Crippen molar-refractivity contribution in [3.05, 3.63) is 41.7 Å². The highest BCUT2D eigenvalue weighted by Gasteiger charge is 2.41. The zero-order valence-corrected chi connectivity index (χ0v) is 15.5. The third-order valence-corrected chi connectivity index (χ3v) is 5.48. The van der Waals surface area contributed by atoms with Crippen molar-refractivity contribution in [2.45, 2.75) is 38.8 Å². The number of tetrazole rings is 1. The first-order valence-electron chi connectivity index (χ1n) is 9.55. The zero-order chi connectivity index (χ0) is 18.8. The lowest BCUT2D eigenvalue weighted by Crippen LogP contribution is -2.48. The number of carbonyl (C=O) groups excluding carboxylic acids is 2. The van der Waals surface area contributed by atoms with Gasteiger partial charge in [0.05, 0.1) is 12.5 Å². The molecule has 3 fully saturated rings. The molecule has 0 spiro atoms. The zero-order valence-electron chi connectivity index (χ0n) is 15.5. The number of hydrogen-bond donors (Lipinski definition) is 0. The van der Waals surface area contributed by atoms with Crippen molar-refractivity contribution in [2.75, 3.05) is 19.6 Å². The lowest BCUT2D eigenvalue weighted by molar-refractivity contribution is -0.139. The second-order valence-corrected chi connectivity index (χ2v) is 7.37. The summed E-state index contributed by atoms with van der Waals surface area (Å²) in [5.74, 6) is 0.172. The molecule has 4 heterocycles. The Morgan fingerprint density at radius 1 is 1.19 bits per heavy atom. The maximum absolute atomic E-state index is 13.0. The smallest absolute Gasteiger partial charge is 0.253 e. The predicted molar refractivity (Wildman–Crippen MR) is 97.8 cm³/mol. The van der Waals surface area contributed by atoms with Crippen LogP contribution in [0, 0.1) is 5.92 Å². The molecule has 3 saturated heterocycles. The fraction of sp³-hybridized carbons (Fsp3) is 0.526. The maximum Gasteiger partial charge on any atom is 0.253 e. The van der Waals surface area contributed by atoms with Crippen LogP contribution in [0.5, 0.6) is 0 Å². The Hall–Kier alpha value is -2.77. The minimum atomic E-state index is -0.0571. The van der Waals surface area contributed by atoms with Gasteiger partial charge in [-0.05, 0) is 47.4 Å². The highest BCUT2D eigenvalue weighted by atomic mass is 16.2. The van der Waals surface area contributed by atoms with Gasteiger partial charge in [0.2, 0.25) is 5.91 Å². The molecule has 0 unspecified atom stereocenters. The summed E-state index contributed by atoms with van der Waals surface area (Å²) < 4.78 is 1.64. The fourth-order valence-electron chi connectivity index (χ4n) is 4.12. The van der Waals surface area contributed by atoms with Gasteiger partial charge in [-0.25, -0.2) is 4.68 Å².